The van der Waals surface area contributed by atoms with Crippen LogP contribution in [0, 0.1) is 0 Å². The predicted molar refractivity (Wildman–Crippen MR) is 117 cm³/mol. The quantitative estimate of drug-likeness (QED) is 0.569. The summed E-state index contributed by atoms with van der Waals surface area (Å²) in [5, 5.41) is 3.58. The average Bonchev–Trinajstić information content (AvgIpc) is 3.12. The van der Waals surface area contributed by atoms with Gasteiger partial charge in [-0.15, -0.1) is 11.3 Å². The number of hydrogen-bond acceptors (Lipinski definition) is 4. The highest BCUT2D eigenvalue weighted by molar-refractivity contribution is 7.17. The van der Waals surface area contributed by atoms with Crippen LogP contribution >= 0.6 is 11.3 Å². The fourth-order valence-corrected chi connectivity index (χ4v) is 5.06. The van der Waals surface area contributed by atoms with Crippen LogP contribution in [0.2, 0.25) is 0 Å². The first-order chi connectivity index (χ1) is 14.2. The van der Waals surface area contributed by atoms with Gasteiger partial charge in [-0.2, -0.15) is 0 Å². The Morgan fingerprint density at radius 3 is 2.59 bits per heavy atom. The van der Waals surface area contributed by atoms with E-state index in [2.05, 4.69) is 23.5 Å². The standard InChI is InChI=1S/C24H23NO3S/c1-28-24(27)22-21-18-12-6-5-11-17(18)14-15-19(21)29-23(22)25-20(26)13-7-10-16-8-3-2-4-9-16/h2-6,8-9,11-12H,7,10,13-15H2,1H3,(H,25,26). The number of methoxy groups -OCH3 is 1. The molecular formula is C24H23NO3S. The van der Waals surface area contributed by atoms with Gasteiger partial charge in [0.15, 0.2) is 0 Å². The fraction of sp³-hybridized carbons (Fsp3) is 0.250. The monoisotopic (exact) mass is 405 g/mol. The molecule has 4 nitrogen and oxygen atoms in total. The lowest BCUT2D eigenvalue weighted by molar-refractivity contribution is -0.116. The fourth-order valence-electron chi connectivity index (χ4n) is 3.84. The molecule has 1 aliphatic carbocycles. The SMILES string of the molecule is COC(=O)c1c(NC(=O)CCCc2ccccc2)sc2c1-c1ccccc1CC2. The summed E-state index contributed by atoms with van der Waals surface area (Å²) in [4.78, 5) is 26.3. The van der Waals surface area contributed by atoms with Gasteiger partial charge in [-0.1, -0.05) is 54.6 Å². The van der Waals surface area contributed by atoms with E-state index >= 15 is 0 Å². The maximum atomic E-state index is 12.6. The Balaban J connectivity index is 1.54. The number of esters is 1. The number of aryl methyl sites for hydroxylation is 3. The molecule has 1 heterocycles. The Morgan fingerprint density at radius 1 is 1.03 bits per heavy atom. The second-order valence-corrected chi connectivity index (χ2v) is 8.25. The van der Waals surface area contributed by atoms with Crippen molar-refractivity contribution in [2.75, 3.05) is 12.4 Å². The van der Waals surface area contributed by atoms with Crippen LogP contribution in [0.3, 0.4) is 0 Å². The largest absolute Gasteiger partial charge is 0.465 e. The molecule has 0 saturated carbocycles. The van der Waals surface area contributed by atoms with Crippen LogP contribution in [0.4, 0.5) is 5.00 Å². The third-order valence-corrected chi connectivity index (χ3v) is 6.41. The molecule has 0 aliphatic heterocycles. The van der Waals surface area contributed by atoms with Crippen LogP contribution in [0.5, 0.6) is 0 Å². The van der Waals surface area contributed by atoms with Gasteiger partial charge in [0.25, 0.3) is 0 Å². The zero-order chi connectivity index (χ0) is 20.2. The summed E-state index contributed by atoms with van der Waals surface area (Å²) in [6, 6.07) is 18.3. The molecule has 0 radical (unpaired) electrons. The summed E-state index contributed by atoms with van der Waals surface area (Å²) in [6.07, 6.45) is 3.83. The summed E-state index contributed by atoms with van der Waals surface area (Å²) in [5.41, 5.74) is 4.91. The smallest absolute Gasteiger partial charge is 0.341 e. The molecule has 1 amide bonds. The molecule has 0 bridgehead atoms. The maximum Gasteiger partial charge on any atom is 0.341 e. The van der Waals surface area contributed by atoms with E-state index in [9.17, 15) is 9.59 Å². The Kier molecular flexibility index (Phi) is 5.76. The summed E-state index contributed by atoms with van der Waals surface area (Å²) in [7, 11) is 1.38. The predicted octanol–water partition coefficient (Wildman–Crippen LogP) is 5.26. The Morgan fingerprint density at radius 2 is 1.79 bits per heavy atom. The minimum atomic E-state index is -0.404. The molecule has 1 aliphatic rings. The Bertz CT molecular complexity index is 1040. The van der Waals surface area contributed by atoms with Crippen molar-refractivity contribution in [1.82, 2.24) is 0 Å². The van der Waals surface area contributed by atoms with E-state index in [-0.39, 0.29) is 5.91 Å². The first-order valence-corrected chi connectivity index (χ1v) is 10.6. The zero-order valence-corrected chi connectivity index (χ0v) is 17.2. The van der Waals surface area contributed by atoms with E-state index in [1.165, 1.54) is 29.6 Å². The topological polar surface area (TPSA) is 55.4 Å². The number of hydrogen-bond donors (Lipinski definition) is 1. The third kappa shape index (κ3) is 4.10. The minimum absolute atomic E-state index is 0.0713. The van der Waals surface area contributed by atoms with Crippen molar-refractivity contribution < 1.29 is 14.3 Å². The number of fused-ring (bicyclic) bond motifs is 3. The summed E-state index contributed by atoms with van der Waals surface area (Å²) >= 11 is 1.49. The number of nitrogens with one attached hydrogen (secondary N) is 1. The summed E-state index contributed by atoms with van der Waals surface area (Å²) in [5.74, 6) is -0.475. The van der Waals surface area contributed by atoms with Crippen molar-refractivity contribution in [3.05, 3.63) is 76.2 Å². The van der Waals surface area contributed by atoms with Crippen LogP contribution in [-0.2, 0) is 28.8 Å². The number of carbonyl (C=O) groups excluding carboxylic acids is 2. The number of ether oxygens (including phenoxy) is 1. The molecule has 29 heavy (non-hydrogen) atoms. The molecule has 0 saturated heterocycles. The van der Waals surface area contributed by atoms with Gasteiger partial charge in [0.1, 0.15) is 10.6 Å². The van der Waals surface area contributed by atoms with Crippen molar-refractivity contribution in [1.29, 1.82) is 0 Å². The number of carbonyl (C=O) groups is 2. The van der Waals surface area contributed by atoms with Gasteiger partial charge in [0.2, 0.25) is 5.91 Å². The molecule has 5 heteroatoms. The number of thiophene rings is 1. The van der Waals surface area contributed by atoms with E-state index in [4.69, 9.17) is 4.74 Å². The highest BCUT2D eigenvalue weighted by atomic mass is 32.1. The molecule has 0 spiro atoms. The van der Waals surface area contributed by atoms with E-state index < -0.39 is 5.97 Å². The molecule has 2 aromatic carbocycles. The van der Waals surface area contributed by atoms with Crippen molar-refractivity contribution >= 4 is 28.2 Å². The second kappa shape index (κ2) is 8.62. The van der Waals surface area contributed by atoms with E-state index in [0.29, 0.717) is 17.0 Å². The Hall–Kier alpha value is -2.92. The van der Waals surface area contributed by atoms with Crippen molar-refractivity contribution in [2.45, 2.75) is 32.1 Å². The van der Waals surface area contributed by atoms with Crippen LogP contribution in [0.1, 0.15) is 39.2 Å². The van der Waals surface area contributed by atoms with Crippen molar-refractivity contribution in [3.63, 3.8) is 0 Å². The lowest BCUT2D eigenvalue weighted by Crippen LogP contribution is -2.14. The molecular weight excluding hydrogens is 382 g/mol. The van der Waals surface area contributed by atoms with Gasteiger partial charge in [-0.3, -0.25) is 4.79 Å². The van der Waals surface area contributed by atoms with Crippen LogP contribution in [0.15, 0.2) is 54.6 Å². The third-order valence-electron chi connectivity index (χ3n) is 5.24. The first kappa shape index (κ1) is 19.4. The van der Waals surface area contributed by atoms with Crippen LogP contribution in [0.25, 0.3) is 11.1 Å². The highest BCUT2D eigenvalue weighted by Gasteiger charge is 2.29. The average molecular weight is 406 g/mol. The number of amides is 1. The minimum Gasteiger partial charge on any atom is -0.465 e. The van der Waals surface area contributed by atoms with E-state index in [1.807, 2.05) is 36.4 Å². The lowest BCUT2D eigenvalue weighted by Gasteiger charge is -2.17. The van der Waals surface area contributed by atoms with Crippen molar-refractivity contribution in [2.24, 2.45) is 0 Å². The molecule has 4 rings (SSSR count). The molecule has 0 unspecified atom stereocenters. The van der Waals surface area contributed by atoms with E-state index in [0.717, 1.165) is 41.7 Å². The normalized spacial score (nSPS) is 12.0. The molecule has 1 N–H and O–H groups in total. The molecule has 0 atom stereocenters. The highest BCUT2D eigenvalue weighted by Crippen LogP contribution is 2.45. The molecule has 0 fully saturated rings. The van der Waals surface area contributed by atoms with Gasteiger partial charge in [0.05, 0.1) is 7.11 Å². The van der Waals surface area contributed by atoms with Gasteiger partial charge in [-0.05, 0) is 42.4 Å². The van der Waals surface area contributed by atoms with Crippen molar-refractivity contribution in [3.8, 4) is 11.1 Å². The van der Waals surface area contributed by atoms with Crippen LogP contribution in [-0.4, -0.2) is 19.0 Å². The molecule has 3 aromatic rings. The Labute approximate surface area is 174 Å². The van der Waals surface area contributed by atoms with Gasteiger partial charge in [-0.25, -0.2) is 4.79 Å². The number of anilines is 1. The van der Waals surface area contributed by atoms with Gasteiger partial charge >= 0.3 is 5.97 Å². The second-order valence-electron chi connectivity index (χ2n) is 7.14. The van der Waals surface area contributed by atoms with E-state index in [1.54, 1.807) is 0 Å². The molecule has 1 aromatic heterocycles. The van der Waals surface area contributed by atoms with Crippen LogP contribution < -0.4 is 5.32 Å². The number of benzene rings is 2. The summed E-state index contributed by atoms with van der Waals surface area (Å²) in [6.45, 7) is 0. The molecule has 148 valence electrons. The summed E-state index contributed by atoms with van der Waals surface area (Å²) < 4.78 is 5.05. The zero-order valence-electron chi connectivity index (χ0n) is 16.4. The first-order valence-electron chi connectivity index (χ1n) is 9.83. The van der Waals surface area contributed by atoms with Gasteiger partial charge < -0.3 is 10.1 Å². The van der Waals surface area contributed by atoms with Gasteiger partial charge in [0, 0.05) is 16.9 Å². The lowest BCUT2D eigenvalue weighted by atomic mass is 9.88. The maximum absolute atomic E-state index is 12.6. The number of rotatable bonds is 6.